The van der Waals surface area contributed by atoms with Gasteiger partial charge in [0.1, 0.15) is 17.1 Å². The van der Waals surface area contributed by atoms with Crippen LogP contribution in [0, 0.1) is 10.1 Å². The SMILES string of the molecule is O=C(C=Cc1ccc([N+](=O)[O-])cc1)Oc1ccc2c(=O)c(Oc3ccccc3)c(C(F)(F)F)oc2c1. The van der Waals surface area contributed by atoms with Gasteiger partial charge in [-0.1, -0.05) is 18.2 Å². The van der Waals surface area contributed by atoms with Crippen molar-refractivity contribution in [3.63, 3.8) is 0 Å². The molecule has 0 N–H and O–H groups in total. The second kappa shape index (κ2) is 9.74. The van der Waals surface area contributed by atoms with Crippen LogP contribution in [-0.4, -0.2) is 10.9 Å². The van der Waals surface area contributed by atoms with Gasteiger partial charge in [0.05, 0.1) is 10.3 Å². The number of nitro groups is 1. The summed E-state index contributed by atoms with van der Waals surface area (Å²) in [5, 5.41) is 10.5. The quantitative estimate of drug-likeness (QED) is 0.104. The summed E-state index contributed by atoms with van der Waals surface area (Å²) in [5.74, 6) is -3.69. The number of esters is 1. The maximum absolute atomic E-state index is 13.7. The zero-order valence-electron chi connectivity index (χ0n) is 18.0. The molecule has 0 saturated heterocycles. The van der Waals surface area contributed by atoms with E-state index in [1.807, 2.05) is 0 Å². The first-order valence-corrected chi connectivity index (χ1v) is 10.2. The van der Waals surface area contributed by atoms with Gasteiger partial charge in [-0.15, -0.1) is 0 Å². The van der Waals surface area contributed by atoms with E-state index in [2.05, 4.69) is 0 Å². The number of halogens is 3. The smallest absolute Gasteiger partial charge is 0.449 e. The topological polar surface area (TPSA) is 109 Å². The molecule has 0 aliphatic heterocycles. The molecule has 0 aliphatic carbocycles. The lowest BCUT2D eigenvalue weighted by Gasteiger charge is -2.13. The van der Waals surface area contributed by atoms with E-state index in [-0.39, 0.29) is 22.6 Å². The molecule has 0 fully saturated rings. The van der Waals surface area contributed by atoms with E-state index in [0.717, 1.165) is 18.2 Å². The number of hydrogen-bond acceptors (Lipinski definition) is 7. The number of para-hydroxylation sites is 1. The number of non-ortho nitro benzene ring substituents is 1. The van der Waals surface area contributed by atoms with Crippen LogP contribution in [0.3, 0.4) is 0 Å². The van der Waals surface area contributed by atoms with Gasteiger partial charge in [-0.05, 0) is 48.0 Å². The average molecular weight is 497 g/mol. The van der Waals surface area contributed by atoms with Crippen LogP contribution >= 0.6 is 0 Å². The van der Waals surface area contributed by atoms with Gasteiger partial charge in [-0.25, -0.2) is 4.79 Å². The molecule has 0 radical (unpaired) electrons. The number of fused-ring (bicyclic) bond motifs is 1. The van der Waals surface area contributed by atoms with Crippen LogP contribution in [0.5, 0.6) is 17.2 Å². The van der Waals surface area contributed by atoms with Crippen LogP contribution in [0.4, 0.5) is 18.9 Å². The molecule has 4 rings (SSSR count). The summed E-state index contributed by atoms with van der Waals surface area (Å²) >= 11 is 0. The Morgan fingerprint density at radius 2 is 1.67 bits per heavy atom. The standard InChI is InChI=1S/C25H14F3NO7/c26-25(27,28)24-23(35-17-4-2-1-3-5-17)22(31)19-12-11-18(14-20(19)36-24)34-21(30)13-8-15-6-9-16(10-7-15)29(32)33/h1-14H. The maximum atomic E-state index is 13.7. The first-order valence-electron chi connectivity index (χ1n) is 10.2. The third kappa shape index (κ3) is 5.41. The third-order valence-electron chi connectivity index (χ3n) is 4.78. The molecule has 182 valence electrons. The van der Waals surface area contributed by atoms with Crippen molar-refractivity contribution in [1.29, 1.82) is 0 Å². The number of benzene rings is 3. The van der Waals surface area contributed by atoms with Crippen LogP contribution in [0.1, 0.15) is 11.3 Å². The van der Waals surface area contributed by atoms with Gasteiger partial charge in [0.15, 0.2) is 0 Å². The summed E-state index contributed by atoms with van der Waals surface area (Å²) in [4.78, 5) is 35.1. The number of ether oxygens (including phenoxy) is 2. The Kier molecular flexibility index (Phi) is 6.55. The summed E-state index contributed by atoms with van der Waals surface area (Å²) in [6.45, 7) is 0. The number of alkyl halides is 3. The number of carbonyl (C=O) groups excluding carboxylic acids is 1. The molecule has 0 amide bonds. The van der Waals surface area contributed by atoms with Crippen molar-refractivity contribution in [3.05, 3.63) is 111 Å². The van der Waals surface area contributed by atoms with Gasteiger partial charge in [-0.3, -0.25) is 14.9 Å². The van der Waals surface area contributed by atoms with E-state index in [4.69, 9.17) is 13.9 Å². The lowest BCUT2D eigenvalue weighted by molar-refractivity contribution is -0.384. The second-order valence-electron chi connectivity index (χ2n) is 7.26. The number of hydrogen-bond donors (Lipinski definition) is 0. The lowest BCUT2D eigenvalue weighted by Crippen LogP contribution is -2.15. The fourth-order valence-corrected chi connectivity index (χ4v) is 3.13. The minimum atomic E-state index is -5.04. The minimum Gasteiger partial charge on any atom is -0.449 e. The molecule has 1 heterocycles. The summed E-state index contributed by atoms with van der Waals surface area (Å²) in [6.07, 6.45) is -2.68. The van der Waals surface area contributed by atoms with E-state index in [1.165, 1.54) is 60.7 Å². The van der Waals surface area contributed by atoms with Crippen molar-refractivity contribution in [2.75, 3.05) is 0 Å². The summed E-state index contributed by atoms with van der Waals surface area (Å²) in [7, 11) is 0. The molecule has 3 aromatic carbocycles. The molecule has 0 saturated carbocycles. The molecule has 0 bridgehead atoms. The highest BCUT2D eigenvalue weighted by Crippen LogP contribution is 2.38. The van der Waals surface area contributed by atoms with Crippen molar-refractivity contribution < 1.29 is 36.8 Å². The average Bonchev–Trinajstić information content (AvgIpc) is 2.84. The Labute approximate surface area is 200 Å². The molecular weight excluding hydrogens is 483 g/mol. The summed E-state index contributed by atoms with van der Waals surface area (Å²) in [6, 6.07) is 16.2. The molecule has 8 nitrogen and oxygen atoms in total. The Morgan fingerprint density at radius 3 is 2.31 bits per heavy atom. The fraction of sp³-hybridized carbons (Fsp3) is 0.0400. The van der Waals surface area contributed by atoms with Gasteiger partial charge in [-0.2, -0.15) is 13.2 Å². The Bertz CT molecular complexity index is 1530. The molecule has 0 unspecified atom stereocenters. The highest BCUT2D eigenvalue weighted by Gasteiger charge is 2.40. The molecule has 0 aliphatic rings. The summed E-state index contributed by atoms with van der Waals surface area (Å²) < 4.78 is 56.2. The number of nitro benzene ring substituents is 1. The Hall–Kier alpha value is -4.93. The molecule has 36 heavy (non-hydrogen) atoms. The zero-order valence-corrected chi connectivity index (χ0v) is 18.0. The minimum absolute atomic E-state index is 0.0139. The number of carbonyl (C=O) groups is 1. The normalized spacial score (nSPS) is 11.5. The maximum Gasteiger partial charge on any atom is 0.453 e. The molecule has 0 spiro atoms. The van der Waals surface area contributed by atoms with E-state index in [9.17, 15) is 32.9 Å². The Morgan fingerprint density at radius 1 is 0.972 bits per heavy atom. The van der Waals surface area contributed by atoms with Gasteiger partial charge in [0, 0.05) is 24.3 Å². The fourth-order valence-electron chi connectivity index (χ4n) is 3.13. The molecule has 4 aromatic rings. The van der Waals surface area contributed by atoms with Crippen molar-refractivity contribution >= 4 is 28.7 Å². The van der Waals surface area contributed by atoms with Gasteiger partial charge in [0.2, 0.25) is 11.2 Å². The largest absolute Gasteiger partial charge is 0.453 e. The van der Waals surface area contributed by atoms with Gasteiger partial charge < -0.3 is 13.9 Å². The highest BCUT2D eigenvalue weighted by molar-refractivity contribution is 5.89. The monoisotopic (exact) mass is 497 g/mol. The Balaban J connectivity index is 1.61. The molecule has 1 aromatic heterocycles. The van der Waals surface area contributed by atoms with Crippen LogP contribution < -0.4 is 14.9 Å². The number of nitrogens with zero attached hydrogens (tertiary/aromatic N) is 1. The second-order valence-corrected chi connectivity index (χ2v) is 7.26. The predicted molar refractivity (Wildman–Crippen MR) is 122 cm³/mol. The van der Waals surface area contributed by atoms with E-state index < -0.39 is 39.6 Å². The van der Waals surface area contributed by atoms with E-state index >= 15 is 0 Å². The molecular formula is C25H14F3NO7. The molecule has 0 atom stereocenters. The molecule has 11 heteroatoms. The van der Waals surface area contributed by atoms with Crippen LogP contribution in [-0.2, 0) is 11.0 Å². The van der Waals surface area contributed by atoms with E-state index in [1.54, 1.807) is 6.07 Å². The van der Waals surface area contributed by atoms with Crippen LogP contribution in [0.2, 0.25) is 0 Å². The first-order chi connectivity index (χ1) is 17.1. The van der Waals surface area contributed by atoms with Crippen LogP contribution in [0.15, 0.2) is 88.1 Å². The summed E-state index contributed by atoms with van der Waals surface area (Å²) in [5.41, 5.74) is -1.16. The predicted octanol–water partition coefficient (Wildman–Crippen LogP) is 6.13. The lowest BCUT2D eigenvalue weighted by atomic mass is 10.2. The highest BCUT2D eigenvalue weighted by atomic mass is 19.4. The van der Waals surface area contributed by atoms with Gasteiger partial charge >= 0.3 is 12.1 Å². The van der Waals surface area contributed by atoms with Crippen LogP contribution in [0.25, 0.3) is 17.0 Å². The van der Waals surface area contributed by atoms with Crippen molar-refractivity contribution in [2.45, 2.75) is 6.18 Å². The van der Waals surface area contributed by atoms with Crippen molar-refractivity contribution in [2.24, 2.45) is 0 Å². The van der Waals surface area contributed by atoms with Crippen molar-refractivity contribution in [1.82, 2.24) is 0 Å². The van der Waals surface area contributed by atoms with Gasteiger partial charge in [0.25, 0.3) is 11.4 Å². The van der Waals surface area contributed by atoms with Crippen molar-refractivity contribution in [3.8, 4) is 17.2 Å². The first kappa shape index (κ1) is 24.2. The zero-order chi connectivity index (χ0) is 25.9. The number of rotatable bonds is 6. The third-order valence-corrected chi connectivity index (χ3v) is 4.78. The van der Waals surface area contributed by atoms with E-state index in [0.29, 0.717) is 5.56 Å².